The Morgan fingerprint density at radius 2 is 2.05 bits per heavy atom. The van der Waals surface area contributed by atoms with Gasteiger partial charge < -0.3 is 10.6 Å². The normalized spacial score (nSPS) is 24.2. The molecule has 0 radical (unpaired) electrons. The topological polar surface area (TPSA) is 42.1 Å². The molecule has 0 amide bonds. The molecule has 0 bridgehead atoms. The summed E-state index contributed by atoms with van der Waals surface area (Å²) in [6.45, 7) is 2.82. The maximum atomic E-state index is 14.3. The van der Waals surface area contributed by atoms with E-state index < -0.39 is 23.7 Å². The Kier molecular flexibility index (Phi) is 3.32. The molecule has 1 aromatic carbocycles. The fraction of sp³-hybridized carbons (Fsp3) is 0.438. The molecule has 1 saturated heterocycles. The monoisotopic (exact) mass is 309 g/mol. The van der Waals surface area contributed by atoms with E-state index >= 15 is 0 Å². The van der Waals surface area contributed by atoms with Crippen molar-refractivity contribution in [3.63, 3.8) is 0 Å². The number of nitrogens with zero attached hydrogens (tertiary/aromatic N) is 2. The molecule has 1 unspecified atom stereocenters. The lowest BCUT2D eigenvalue weighted by atomic mass is 9.86. The van der Waals surface area contributed by atoms with Crippen LogP contribution in [-0.4, -0.2) is 30.5 Å². The summed E-state index contributed by atoms with van der Waals surface area (Å²) in [6, 6.07) is 6.31. The fourth-order valence-electron chi connectivity index (χ4n) is 2.99. The van der Waals surface area contributed by atoms with Gasteiger partial charge in [-0.3, -0.25) is 0 Å². The largest absolute Gasteiger partial charge is 0.364 e. The third kappa shape index (κ3) is 2.13. The highest BCUT2D eigenvalue weighted by atomic mass is 19.3. The van der Waals surface area contributed by atoms with Gasteiger partial charge in [0, 0.05) is 29.9 Å². The zero-order valence-electron chi connectivity index (χ0n) is 12.5. The first kappa shape index (κ1) is 15.1. The molecular formula is C16H18F3N3. The number of benzene rings is 1. The molecule has 1 aliphatic heterocycles. The zero-order valence-corrected chi connectivity index (χ0v) is 12.5. The predicted octanol–water partition coefficient (Wildman–Crippen LogP) is 3.10. The minimum absolute atomic E-state index is 0.104. The van der Waals surface area contributed by atoms with Crippen LogP contribution in [0.1, 0.15) is 12.6 Å². The Labute approximate surface area is 126 Å². The summed E-state index contributed by atoms with van der Waals surface area (Å²) < 4.78 is 42.5. The number of hydrogen-bond donors (Lipinski definition) is 1. The molecule has 6 heteroatoms. The SMILES string of the molecule is Cc1cc(N2CC(F)(F)C(C)(CN)C2)c2cccc(F)c2n1. The van der Waals surface area contributed by atoms with Gasteiger partial charge in [-0.1, -0.05) is 19.1 Å². The Morgan fingerprint density at radius 3 is 2.68 bits per heavy atom. The van der Waals surface area contributed by atoms with Crippen LogP contribution < -0.4 is 10.6 Å². The standard InChI is InChI=1S/C16H18F3N3/c1-10-6-13(11-4-3-5-12(17)14(11)21-10)22-8-15(2,7-20)16(18,19)9-22/h3-6H,7-9,20H2,1-2H3. The van der Waals surface area contributed by atoms with E-state index in [2.05, 4.69) is 4.98 Å². The molecule has 118 valence electrons. The van der Waals surface area contributed by atoms with Crippen molar-refractivity contribution < 1.29 is 13.2 Å². The molecule has 0 aliphatic carbocycles. The van der Waals surface area contributed by atoms with Gasteiger partial charge in [-0.25, -0.2) is 18.2 Å². The van der Waals surface area contributed by atoms with E-state index in [0.717, 1.165) is 0 Å². The average Bonchev–Trinajstić information content (AvgIpc) is 2.70. The van der Waals surface area contributed by atoms with E-state index in [1.165, 1.54) is 13.0 Å². The van der Waals surface area contributed by atoms with E-state index in [-0.39, 0.29) is 18.6 Å². The van der Waals surface area contributed by atoms with Crippen LogP contribution in [0.25, 0.3) is 10.9 Å². The number of anilines is 1. The van der Waals surface area contributed by atoms with Crippen molar-refractivity contribution in [2.45, 2.75) is 19.8 Å². The molecule has 1 fully saturated rings. The molecule has 1 aliphatic rings. The van der Waals surface area contributed by atoms with E-state index in [1.54, 1.807) is 30.0 Å². The van der Waals surface area contributed by atoms with E-state index in [0.29, 0.717) is 16.8 Å². The molecule has 22 heavy (non-hydrogen) atoms. The molecule has 2 aromatic rings. The van der Waals surface area contributed by atoms with Gasteiger partial charge in [0.25, 0.3) is 5.92 Å². The van der Waals surface area contributed by atoms with Crippen LogP contribution in [-0.2, 0) is 0 Å². The lowest BCUT2D eigenvalue weighted by Gasteiger charge is -2.27. The Morgan fingerprint density at radius 1 is 1.32 bits per heavy atom. The van der Waals surface area contributed by atoms with Gasteiger partial charge in [-0.2, -0.15) is 0 Å². The van der Waals surface area contributed by atoms with Crippen molar-refractivity contribution in [2.24, 2.45) is 11.1 Å². The lowest BCUT2D eigenvalue weighted by Crippen LogP contribution is -2.43. The number of hydrogen-bond acceptors (Lipinski definition) is 3. The highest BCUT2D eigenvalue weighted by Gasteiger charge is 2.56. The summed E-state index contributed by atoms with van der Waals surface area (Å²) in [6.07, 6.45) is 0. The van der Waals surface area contributed by atoms with E-state index in [4.69, 9.17) is 5.73 Å². The van der Waals surface area contributed by atoms with Crippen LogP contribution in [0, 0.1) is 18.2 Å². The van der Waals surface area contributed by atoms with Gasteiger partial charge in [0.2, 0.25) is 0 Å². The predicted molar refractivity (Wildman–Crippen MR) is 80.8 cm³/mol. The first-order chi connectivity index (χ1) is 10.3. The van der Waals surface area contributed by atoms with Gasteiger partial charge in [0.1, 0.15) is 11.3 Å². The van der Waals surface area contributed by atoms with Gasteiger partial charge in [-0.05, 0) is 19.1 Å². The number of halogens is 3. The van der Waals surface area contributed by atoms with Crippen molar-refractivity contribution in [3.8, 4) is 0 Å². The first-order valence-corrected chi connectivity index (χ1v) is 7.16. The number of aromatic nitrogens is 1. The van der Waals surface area contributed by atoms with Crippen LogP contribution in [0.2, 0.25) is 0 Å². The summed E-state index contributed by atoms with van der Waals surface area (Å²) in [7, 11) is 0. The van der Waals surface area contributed by atoms with E-state index in [1.807, 2.05) is 0 Å². The molecule has 3 rings (SSSR count). The second-order valence-electron chi connectivity index (χ2n) is 6.24. The van der Waals surface area contributed by atoms with Crippen LogP contribution in [0.3, 0.4) is 0 Å². The van der Waals surface area contributed by atoms with Crippen LogP contribution in [0.4, 0.5) is 18.9 Å². The average molecular weight is 309 g/mol. The Hall–Kier alpha value is -1.82. The second-order valence-corrected chi connectivity index (χ2v) is 6.24. The Balaban J connectivity index is 2.14. The maximum Gasteiger partial charge on any atom is 0.273 e. The van der Waals surface area contributed by atoms with E-state index in [9.17, 15) is 13.2 Å². The highest BCUT2D eigenvalue weighted by molar-refractivity contribution is 5.92. The summed E-state index contributed by atoms with van der Waals surface area (Å²) in [5.74, 6) is -3.34. The van der Waals surface area contributed by atoms with Crippen molar-refractivity contribution in [1.82, 2.24) is 4.98 Å². The van der Waals surface area contributed by atoms with Crippen molar-refractivity contribution in [1.29, 1.82) is 0 Å². The smallest absolute Gasteiger partial charge is 0.273 e. The molecule has 2 heterocycles. The number of para-hydroxylation sites is 1. The zero-order chi connectivity index (χ0) is 16.1. The fourth-order valence-corrected chi connectivity index (χ4v) is 2.99. The van der Waals surface area contributed by atoms with Gasteiger partial charge in [0.15, 0.2) is 0 Å². The molecule has 1 aromatic heterocycles. The Bertz CT molecular complexity index is 732. The molecule has 0 saturated carbocycles. The molecule has 2 N–H and O–H groups in total. The number of alkyl halides is 2. The van der Waals surface area contributed by atoms with Crippen LogP contribution in [0.15, 0.2) is 24.3 Å². The molecule has 3 nitrogen and oxygen atoms in total. The summed E-state index contributed by atoms with van der Waals surface area (Å²) in [5, 5.41) is 0.544. The van der Waals surface area contributed by atoms with Crippen LogP contribution in [0.5, 0.6) is 0 Å². The summed E-state index contributed by atoms with van der Waals surface area (Å²) in [4.78, 5) is 5.77. The number of nitrogens with two attached hydrogens (primary N) is 1. The third-order valence-corrected chi connectivity index (χ3v) is 4.50. The number of pyridine rings is 1. The van der Waals surface area contributed by atoms with Crippen molar-refractivity contribution in [2.75, 3.05) is 24.5 Å². The number of fused-ring (bicyclic) bond motifs is 1. The highest BCUT2D eigenvalue weighted by Crippen LogP contribution is 2.45. The van der Waals surface area contributed by atoms with Gasteiger partial charge in [-0.15, -0.1) is 0 Å². The first-order valence-electron chi connectivity index (χ1n) is 7.16. The van der Waals surface area contributed by atoms with Crippen molar-refractivity contribution in [3.05, 3.63) is 35.8 Å². The lowest BCUT2D eigenvalue weighted by molar-refractivity contribution is -0.0687. The quantitative estimate of drug-likeness (QED) is 0.927. The van der Waals surface area contributed by atoms with Gasteiger partial charge in [0.05, 0.1) is 12.0 Å². The summed E-state index contributed by atoms with van der Waals surface area (Å²) in [5.41, 5.74) is 5.67. The molecule has 0 spiro atoms. The summed E-state index contributed by atoms with van der Waals surface area (Å²) >= 11 is 0. The third-order valence-electron chi connectivity index (χ3n) is 4.50. The maximum absolute atomic E-state index is 14.3. The minimum Gasteiger partial charge on any atom is -0.364 e. The van der Waals surface area contributed by atoms with Gasteiger partial charge >= 0.3 is 0 Å². The number of aryl methyl sites for hydroxylation is 1. The molecule has 1 atom stereocenters. The minimum atomic E-state index is -2.89. The van der Waals surface area contributed by atoms with Crippen molar-refractivity contribution >= 4 is 16.6 Å². The molecular weight excluding hydrogens is 291 g/mol. The number of rotatable bonds is 2. The van der Waals surface area contributed by atoms with Crippen LogP contribution >= 0.6 is 0 Å². The second kappa shape index (κ2) is 4.84.